The number of ether oxygens (including phenoxy) is 3. The van der Waals surface area contributed by atoms with Crippen LogP contribution in [0.5, 0.6) is 23.0 Å². The maximum absolute atomic E-state index is 13.1. The van der Waals surface area contributed by atoms with Crippen molar-refractivity contribution in [2.75, 3.05) is 13.2 Å². The van der Waals surface area contributed by atoms with Gasteiger partial charge in [-0.2, -0.15) is 0 Å². The van der Waals surface area contributed by atoms with Gasteiger partial charge >= 0.3 is 0 Å². The molecule has 0 spiro atoms. The number of carbonyl (C=O) groups is 2. The fourth-order valence-electron chi connectivity index (χ4n) is 3.63. The van der Waals surface area contributed by atoms with Gasteiger partial charge in [0, 0.05) is 18.2 Å². The minimum atomic E-state index is -0.597. The van der Waals surface area contributed by atoms with Gasteiger partial charge in [0.25, 0.3) is 5.24 Å². The Hall–Kier alpha value is -3.52. The Morgan fingerprint density at radius 3 is 2.26 bits per heavy atom. The van der Waals surface area contributed by atoms with Crippen LogP contribution in [0.15, 0.2) is 66.7 Å². The van der Waals surface area contributed by atoms with E-state index in [1.165, 1.54) is 12.1 Å². The van der Waals surface area contributed by atoms with Crippen molar-refractivity contribution in [2.45, 2.75) is 32.2 Å². The molecule has 1 atom stereocenters. The third-order valence-electron chi connectivity index (χ3n) is 5.32. The van der Waals surface area contributed by atoms with Gasteiger partial charge in [-0.15, -0.1) is 0 Å². The molecule has 0 radical (unpaired) electrons. The standard InChI is InChI=1S/C27H26FNO5S/c1-2-4-19-17-23(34-22-11-7-20(28)8-12-22)13-14-24(19)33-16-3-15-32-21-9-5-18(6-10-21)25-26(30)35-27(31)29-25/h5-14,17,25H,2-4,15-16H2,1H3,(H,29,31). The van der Waals surface area contributed by atoms with Gasteiger partial charge in [-0.3, -0.25) is 9.59 Å². The van der Waals surface area contributed by atoms with Gasteiger partial charge in [0.05, 0.1) is 13.2 Å². The summed E-state index contributed by atoms with van der Waals surface area (Å²) in [6, 6.07) is 18.2. The van der Waals surface area contributed by atoms with E-state index in [1.807, 2.05) is 18.2 Å². The first-order chi connectivity index (χ1) is 17.0. The largest absolute Gasteiger partial charge is 0.493 e. The summed E-state index contributed by atoms with van der Waals surface area (Å²) in [4.78, 5) is 23.2. The second-order valence-corrected chi connectivity index (χ2v) is 8.96. The van der Waals surface area contributed by atoms with Gasteiger partial charge in [-0.05, 0) is 72.1 Å². The molecule has 1 unspecified atom stereocenters. The van der Waals surface area contributed by atoms with Crippen LogP contribution >= 0.6 is 11.8 Å². The molecule has 35 heavy (non-hydrogen) atoms. The summed E-state index contributed by atoms with van der Waals surface area (Å²) in [6.45, 7) is 3.07. The zero-order valence-corrected chi connectivity index (χ0v) is 20.1. The predicted molar refractivity (Wildman–Crippen MR) is 133 cm³/mol. The first kappa shape index (κ1) is 24.6. The first-order valence-electron chi connectivity index (χ1n) is 11.5. The lowest BCUT2D eigenvalue weighted by molar-refractivity contribution is -0.112. The zero-order chi connectivity index (χ0) is 24.6. The van der Waals surface area contributed by atoms with Crippen molar-refractivity contribution in [3.05, 3.63) is 83.7 Å². The van der Waals surface area contributed by atoms with Crippen LogP contribution in [0.2, 0.25) is 0 Å². The minimum Gasteiger partial charge on any atom is -0.493 e. The Bertz CT molecular complexity index is 1170. The molecule has 3 aromatic carbocycles. The van der Waals surface area contributed by atoms with Crippen molar-refractivity contribution in [2.24, 2.45) is 0 Å². The summed E-state index contributed by atoms with van der Waals surface area (Å²) in [5, 5.41) is 2.12. The SMILES string of the molecule is CCCc1cc(Oc2ccc(F)cc2)ccc1OCCCOc1ccc(C2NC(=O)SC2=O)cc1. The number of halogens is 1. The van der Waals surface area contributed by atoms with Gasteiger partial charge in [0.1, 0.15) is 34.9 Å². The fraction of sp³-hybridized carbons (Fsp3) is 0.259. The molecule has 1 fully saturated rings. The highest BCUT2D eigenvalue weighted by Crippen LogP contribution is 2.30. The van der Waals surface area contributed by atoms with Crippen molar-refractivity contribution in [3.8, 4) is 23.0 Å². The number of benzene rings is 3. The molecule has 6 nitrogen and oxygen atoms in total. The van der Waals surface area contributed by atoms with Gasteiger partial charge in [0.15, 0.2) is 0 Å². The number of amides is 1. The molecular formula is C27H26FNO5S. The third-order valence-corrected chi connectivity index (χ3v) is 6.06. The summed E-state index contributed by atoms with van der Waals surface area (Å²) in [7, 11) is 0. The lowest BCUT2D eigenvalue weighted by atomic mass is 10.1. The van der Waals surface area contributed by atoms with Crippen LogP contribution in [0.1, 0.15) is 36.9 Å². The molecule has 0 aromatic heterocycles. The normalized spacial score (nSPS) is 15.1. The van der Waals surface area contributed by atoms with Crippen LogP contribution < -0.4 is 19.5 Å². The molecule has 8 heteroatoms. The van der Waals surface area contributed by atoms with E-state index in [0.29, 0.717) is 48.6 Å². The number of rotatable bonds is 11. The van der Waals surface area contributed by atoms with Crippen molar-refractivity contribution in [3.63, 3.8) is 0 Å². The van der Waals surface area contributed by atoms with E-state index in [0.717, 1.165) is 29.7 Å². The third kappa shape index (κ3) is 6.76. The smallest absolute Gasteiger partial charge is 0.287 e. The maximum Gasteiger partial charge on any atom is 0.287 e. The van der Waals surface area contributed by atoms with Gasteiger partial charge in [0.2, 0.25) is 5.12 Å². The van der Waals surface area contributed by atoms with Crippen molar-refractivity contribution < 1.29 is 28.2 Å². The van der Waals surface area contributed by atoms with Crippen molar-refractivity contribution in [1.29, 1.82) is 0 Å². The molecular weight excluding hydrogens is 469 g/mol. The molecule has 1 saturated heterocycles. The topological polar surface area (TPSA) is 73.9 Å². The molecule has 1 aliphatic heterocycles. The highest BCUT2D eigenvalue weighted by atomic mass is 32.2. The predicted octanol–water partition coefficient (Wildman–Crippen LogP) is 6.44. The maximum atomic E-state index is 13.1. The lowest BCUT2D eigenvalue weighted by Gasteiger charge is -2.14. The quantitative estimate of drug-likeness (QED) is 0.309. The molecule has 1 amide bonds. The van der Waals surface area contributed by atoms with E-state index in [1.54, 1.807) is 36.4 Å². The van der Waals surface area contributed by atoms with Crippen LogP contribution in [-0.2, 0) is 11.2 Å². The Balaban J connectivity index is 1.25. The van der Waals surface area contributed by atoms with E-state index < -0.39 is 6.04 Å². The van der Waals surface area contributed by atoms with E-state index in [-0.39, 0.29) is 16.2 Å². The van der Waals surface area contributed by atoms with E-state index in [9.17, 15) is 14.0 Å². The summed E-state index contributed by atoms with van der Waals surface area (Å²) in [5.74, 6) is 2.45. The highest BCUT2D eigenvalue weighted by Gasteiger charge is 2.32. The number of hydrogen-bond acceptors (Lipinski definition) is 6. The average Bonchev–Trinajstić information content (AvgIpc) is 3.20. The molecule has 3 aromatic rings. The fourth-order valence-corrected chi connectivity index (χ4v) is 4.30. The molecule has 1 heterocycles. The summed E-state index contributed by atoms with van der Waals surface area (Å²) in [5.41, 5.74) is 1.79. The number of carbonyl (C=O) groups excluding carboxylic acids is 2. The molecule has 0 saturated carbocycles. The second-order valence-electron chi connectivity index (χ2n) is 7.98. The van der Waals surface area contributed by atoms with Crippen molar-refractivity contribution >= 4 is 22.1 Å². The second kappa shape index (κ2) is 11.8. The molecule has 182 valence electrons. The van der Waals surface area contributed by atoms with Gasteiger partial charge < -0.3 is 19.5 Å². The molecule has 4 rings (SSSR count). The van der Waals surface area contributed by atoms with Crippen LogP contribution in [0.25, 0.3) is 0 Å². The zero-order valence-electron chi connectivity index (χ0n) is 19.3. The monoisotopic (exact) mass is 495 g/mol. The molecule has 1 N–H and O–H groups in total. The van der Waals surface area contributed by atoms with Crippen LogP contribution in [-0.4, -0.2) is 23.6 Å². The number of nitrogens with one attached hydrogen (secondary N) is 1. The average molecular weight is 496 g/mol. The minimum absolute atomic E-state index is 0.196. The first-order valence-corrected chi connectivity index (χ1v) is 12.3. The Kier molecular flexibility index (Phi) is 8.26. The van der Waals surface area contributed by atoms with Gasteiger partial charge in [-0.25, -0.2) is 4.39 Å². The van der Waals surface area contributed by atoms with Crippen molar-refractivity contribution in [1.82, 2.24) is 5.32 Å². The number of hydrogen-bond donors (Lipinski definition) is 1. The summed E-state index contributed by atoms with van der Waals surface area (Å²) in [6.07, 6.45) is 2.50. The van der Waals surface area contributed by atoms with E-state index in [2.05, 4.69) is 12.2 Å². The van der Waals surface area contributed by atoms with E-state index in [4.69, 9.17) is 14.2 Å². The summed E-state index contributed by atoms with van der Waals surface area (Å²) < 4.78 is 30.7. The van der Waals surface area contributed by atoms with Gasteiger partial charge in [-0.1, -0.05) is 25.5 Å². The number of thioether (sulfide) groups is 1. The molecule has 0 bridgehead atoms. The van der Waals surface area contributed by atoms with Crippen LogP contribution in [0.3, 0.4) is 0 Å². The van der Waals surface area contributed by atoms with Crippen LogP contribution in [0, 0.1) is 5.82 Å². The Labute approximate surface area is 207 Å². The Morgan fingerprint density at radius 1 is 0.886 bits per heavy atom. The lowest BCUT2D eigenvalue weighted by Crippen LogP contribution is -2.19. The van der Waals surface area contributed by atoms with Crippen LogP contribution in [0.4, 0.5) is 9.18 Å². The van der Waals surface area contributed by atoms with E-state index >= 15 is 0 Å². The Morgan fingerprint density at radius 2 is 1.57 bits per heavy atom. The molecule has 1 aliphatic rings. The number of aryl methyl sites for hydroxylation is 1. The summed E-state index contributed by atoms with van der Waals surface area (Å²) >= 11 is 0.697. The highest BCUT2D eigenvalue weighted by molar-refractivity contribution is 8.26. The molecule has 0 aliphatic carbocycles.